The number of ketones is 2. The van der Waals surface area contributed by atoms with Crippen LogP contribution in [-0.4, -0.2) is 41.1 Å². The van der Waals surface area contributed by atoms with Gasteiger partial charge in [-0.05, 0) is 75.5 Å². The molecule has 1 atom stereocenters. The van der Waals surface area contributed by atoms with E-state index in [9.17, 15) is 9.59 Å². The van der Waals surface area contributed by atoms with Crippen LogP contribution in [0, 0.1) is 0 Å². The second-order valence-electron chi connectivity index (χ2n) is 10.4. The number of benzene rings is 2. The van der Waals surface area contributed by atoms with Crippen LogP contribution in [0.2, 0.25) is 0 Å². The summed E-state index contributed by atoms with van der Waals surface area (Å²) in [7, 11) is 0. The first-order valence-corrected chi connectivity index (χ1v) is 14.0. The van der Waals surface area contributed by atoms with Gasteiger partial charge in [-0.1, -0.05) is 67.1 Å². The molecule has 0 amide bonds. The number of rotatable bonds is 9. The average Bonchev–Trinajstić information content (AvgIpc) is 2.96. The van der Waals surface area contributed by atoms with Crippen LogP contribution in [0.4, 0.5) is 5.69 Å². The van der Waals surface area contributed by atoms with E-state index in [0.717, 1.165) is 41.0 Å². The van der Waals surface area contributed by atoms with Crippen LogP contribution in [0.1, 0.15) is 72.1 Å². The average molecular weight is 508 g/mol. The van der Waals surface area contributed by atoms with Crippen molar-refractivity contribution in [2.45, 2.75) is 57.9 Å². The lowest BCUT2D eigenvalue weighted by molar-refractivity contribution is -0.117. The van der Waals surface area contributed by atoms with Crippen molar-refractivity contribution in [3.63, 3.8) is 0 Å². The summed E-state index contributed by atoms with van der Waals surface area (Å²) in [5.74, 6) is -0.0647. The Hall–Kier alpha value is -3.57. The molecule has 0 bridgehead atoms. The number of pyridine rings is 1. The molecule has 1 aromatic heterocycles. The van der Waals surface area contributed by atoms with Crippen molar-refractivity contribution in [3.05, 3.63) is 107 Å². The summed E-state index contributed by atoms with van der Waals surface area (Å²) in [6.45, 7) is 5.88. The van der Waals surface area contributed by atoms with Gasteiger partial charge in [0.2, 0.25) is 0 Å². The zero-order chi connectivity index (χ0) is 26.3. The molecule has 38 heavy (non-hydrogen) atoms. The normalized spacial score (nSPS) is 19.0. The van der Waals surface area contributed by atoms with E-state index in [2.05, 4.69) is 33.0 Å². The zero-order valence-electron chi connectivity index (χ0n) is 22.3. The third-order valence-corrected chi connectivity index (χ3v) is 7.80. The number of piperidine rings is 1. The van der Waals surface area contributed by atoms with Gasteiger partial charge in [0.15, 0.2) is 11.6 Å². The van der Waals surface area contributed by atoms with Gasteiger partial charge in [0.25, 0.3) is 0 Å². The number of hydrogen-bond acceptors (Lipinski definition) is 5. The maximum absolute atomic E-state index is 13.7. The van der Waals surface area contributed by atoms with E-state index in [0.29, 0.717) is 25.1 Å². The molecule has 3 aromatic rings. The van der Waals surface area contributed by atoms with Gasteiger partial charge >= 0.3 is 0 Å². The molecular formula is C33H37N3O2. The maximum Gasteiger partial charge on any atom is 0.188 e. The van der Waals surface area contributed by atoms with Gasteiger partial charge in [-0.15, -0.1) is 0 Å². The molecule has 0 N–H and O–H groups in total. The van der Waals surface area contributed by atoms with Crippen molar-refractivity contribution in [2.75, 3.05) is 24.5 Å². The smallest absolute Gasteiger partial charge is 0.188 e. The van der Waals surface area contributed by atoms with Crippen LogP contribution in [0.3, 0.4) is 0 Å². The molecule has 2 aromatic carbocycles. The lowest BCUT2D eigenvalue weighted by Crippen LogP contribution is -2.37. The second kappa shape index (κ2) is 12.3. The maximum atomic E-state index is 13.7. The topological polar surface area (TPSA) is 53.5 Å². The Kier molecular flexibility index (Phi) is 8.44. The van der Waals surface area contributed by atoms with Crippen molar-refractivity contribution in [2.24, 2.45) is 0 Å². The van der Waals surface area contributed by atoms with Crippen LogP contribution >= 0.6 is 0 Å². The van der Waals surface area contributed by atoms with E-state index in [1.807, 2.05) is 61.5 Å². The van der Waals surface area contributed by atoms with Gasteiger partial charge in [-0.3, -0.25) is 14.6 Å². The Labute approximate surface area is 226 Å². The summed E-state index contributed by atoms with van der Waals surface area (Å²) >= 11 is 0. The van der Waals surface area contributed by atoms with Gasteiger partial charge in [-0.25, -0.2) is 0 Å². The first-order chi connectivity index (χ1) is 18.6. The fraction of sp³-hybridized carbons (Fsp3) is 0.364. The molecular weight excluding hydrogens is 470 g/mol. The van der Waals surface area contributed by atoms with Crippen molar-refractivity contribution in [3.8, 4) is 0 Å². The molecule has 1 fully saturated rings. The number of Topliss-reactive ketones (excluding diaryl/α,β-unsaturated/α-hetero) is 2. The molecule has 2 aliphatic rings. The van der Waals surface area contributed by atoms with Gasteiger partial charge in [0, 0.05) is 24.7 Å². The van der Waals surface area contributed by atoms with Crippen LogP contribution in [0.25, 0.3) is 0 Å². The molecule has 0 saturated carbocycles. The first-order valence-electron chi connectivity index (χ1n) is 14.0. The SMILES string of the molecule is C/C=C1/C(=O)C(Cc2ccc(C(=O)CCCN3CCCCC3)cc2)c2ncccc2N1Cc1ccccc1. The first kappa shape index (κ1) is 26.1. The Morgan fingerprint density at radius 2 is 1.71 bits per heavy atom. The molecule has 196 valence electrons. The number of allylic oxidation sites excluding steroid dienone is 2. The van der Waals surface area contributed by atoms with Crippen LogP contribution in [0.15, 0.2) is 84.7 Å². The summed E-state index contributed by atoms with van der Waals surface area (Å²) in [4.78, 5) is 35.8. The molecule has 5 nitrogen and oxygen atoms in total. The minimum Gasteiger partial charge on any atom is -0.333 e. The standard InChI is InChI=1S/C33H37N3O2/c1-2-29-33(38)28(32-30(13-9-19-34-32)36(29)24-26-11-5-3-6-12-26)23-25-15-17-27(18-16-25)31(37)14-10-22-35-20-7-4-8-21-35/h2-3,5-6,9,11-13,15-19,28H,4,7-8,10,14,20-24H2,1H3/b29-2-. The lowest BCUT2D eigenvalue weighted by Gasteiger charge is -2.36. The van der Waals surface area contributed by atoms with E-state index in [1.165, 1.54) is 32.4 Å². The number of hydrogen-bond donors (Lipinski definition) is 0. The van der Waals surface area contributed by atoms with Gasteiger partial charge in [0.1, 0.15) is 0 Å². The van der Waals surface area contributed by atoms with E-state index < -0.39 is 0 Å². The fourth-order valence-corrected chi connectivity index (χ4v) is 5.75. The van der Waals surface area contributed by atoms with Crippen molar-refractivity contribution in [1.29, 1.82) is 0 Å². The minimum atomic E-state index is -0.351. The third kappa shape index (κ3) is 5.94. The Bertz CT molecular complexity index is 1280. The number of carbonyl (C=O) groups is 2. The predicted molar refractivity (Wildman–Crippen MR) is 152 cm³/mol. The Balaban J connectivity index is 1.28. The van der Waals surface area contributed by atoms with Crippen molar-refractivity contribution in [1.82, 2.24) is 9.88 Å². The molecule has 1 unspecified atom stereocenters. The molecule has 2 aliphatic heterocycles. The molecule has 3 heterocycles. The fourth-order valence-electron chi connectivity index (χ4n) is 5.75. The number of anilines is 1. The summed E-state index contributed by atoms with van der Waals surface area (Å²) in [5, 5.41) is 0. The van der Waals surface area contributed by atoms with Crippen LogP contribution in [0.5, 0.6) is 0 Å². The Morgan fingerprint density at radius 3 is 2.45 bits per heavy atom. The van der Waals surface area contributed by atoms with Crippen molar-refractivity contribution >= 4 is 17.3 Å². The highest BCUT2D eigenvalue weighted by Crippen LogP contribution is 2.39. The van der Waals surface area contributed by atoms with Crippen LogP contribution < -0.4 is 4.90 Å². The molecule has 0 radical (unpaired) electrons. The molecule has 1 saturated heterocycles. The largest absolute Gasteiger partial charge is 0.333 e. The third-order valence-electron chi connectivity index (χ3n) is 7.80. The summed E-state index contributed by atoms with van der Waals surface area (Å²) in [6, 6.07) is 22.0. The molecule has 5 rings (SSSR count). The number of carbonyl (C=O) groups excluding carboxylic acids is 2. The molecule has 0 aliphatic carbocycles. The monoisotopic (exact) mass is 507 g/mol. The van der Waals surface area contributed by atoms with Crippen molar-refractivity contribution < 1.29 is 9.59 Å². The number of nitrogens with zero attached hydrogens (tertiary/aromatic N) is 3. The van der Waals surface area contributed by atoms with Crippen LogP contribution in [-0.2, 0) is 17.8 Å². The number of aromatic nitrogens is 1. The van der Waals surface area contributed by atoms with Gasteiger partial charge in [0.05, 0.1) is 23.0 Å². The van der Waals surface area contributed by atoms with E-state index in [1.54, 1.807) is 6.20 Å². The summed E-state index contributed by atoms with van der Waals surface area (Å²) < 4.78 is 0. The summed E-state index contributed by atoms with van der Waals surface area (Å²) in [5.41, 5.74) is 5.44. The van der Waals surface area contributed by atoms with E-state index in [-0.39, 0.29) is 17.5 Å². The summed E-state index contributed by atoms with van der Waals surface area (Å²) in [6.07, 6.45) is 9.62. The van der Waals surface area contributed by atoms with E-state index >= 15 is 0 Å². The van der Waals surface area contributed by atoms with Gasteiger partial charge in [-0.2, -0.15) is 0 Å². The second-order valence-corrected chi connectivity index (χ2v) is 10.4. The highest BCUT2D eigenvalue weighted by molar-refractivity contribution is 6.06. The van der Waals surface area contributed by atoms with E-state index in [4.69, 9.17) is 0 Å². The zero-order valence-corrected chi connectivity index (χ0v) is 22.3. The quantitative estimate of drug-likeness (QED) is 0.250. The van der Waals surface area contributed by atoms with Gasteiger partial charge < -0.3 is 9.80 Å². The number of likely N-dealkylation sites (tertiary alicyclic amines) is 1. The highest BCUT2D eigenvalue weighted by atomic mass is 16.1. The highest BCUT2D eigenvalue weighted by Gasteiger charge is 2.36. The minimum absolute atomic E-state index is 0.0903. The lowest BCUT2D eigenvalue weighted by atomic mass is 9.85. The number of fused-ring (bicyclic) bond motifs is 1. The predicted octanol–water partition coefficient (Wildman–Crippen LogP) is 6.35. The molecule has 5 heteroatoms. The Morgan fingerprint density at radius 1 is 0.947 bits per heavy atom. The molecule has 0 spiro atoms.